The molecule has 1 aliphatic carbocycles. The third kappa shape index (κ3) is 7.65. The minimum Gasteiger partial charge on any atom is -0.493 e. The van der Waals surface area contributed by atoms with E-state index in [9.17, 15) is 15.0 Å². The molecular formula is C23H33ClO5. The fourth-order valence-electron chi connectivity index (χ4n) is 3.85. The molecule has 5 atom stereocenters. The summed E-state index contributed by atoms with van der Waals surface area (Å²) in [7, 11) is 0. The predicted octanol–water partition coefficient (Wildman–Crippen LogP) is 4.70. The zero-order chi connectivity index (χ0) is 21.2. The van der Waals surface area contributed by atoms with Crippen molar-refractivity contribution in [3.8, 4) is 5.75 Å². The normalized spacial score (nSPS) is 25.4. The van der Waals surface area contributed by atoms with Gasteiger partial charge in [0.15, 0.2) is 0 Å². The van der Waals surface area contributed by atoms with Crippen molar-refractivity contribution in [2.24, 2.45) is 11.8 Å². The van der Waals surface area contributed by atoms with E-state index in [4.69, 9.17) is 21.4 Å². The van der Waals surface area contributed by atoms with Crippen LogP contribution in [0.2, 0.25) is 0 Å². The van der Waals surface area contributed by atoms with Gasteiger partial charge < -0.3 is 20.1 Å². The number of ether oxygens (including phenoxy) is 1. The highest BCUT2D eigenvalue weighted by molar-refractivity contribution is 6.21. The molecule has 0 aromatic heterocycles. The first kappa shape index (κ1) is 23.7. The van der Waals surface area contributed by atoms with E-state index in [1.54, 1.807) is 0 Å². The van der Waals surface area contributed by atoms with Crippen LogP contribution in [0.25, 0.3) is 0 Å². The fraction of sp³-hybridized carbons (Fsp3) is 0.609. The van der Waals surface area contributed by atoms with Crippen LogP contribution in [0.3, 0.4) is 0 Å². The van der Waals surface area contributed by atoms with Gasteiger partial charge in [-0.2, -0.15) is 0 Å². The maximum atomic E-state index is 10.5. The van der Waals surface area contributed by atoms with Crippen LogP contribution in [0.4, 0.5) is 0 Å². The lowest BCUT2D eigenvalue weighted by molar-refractivity contribution is -0.137. The molecule has 0 heterocycles. The Morgan fingerprint density at radius 2 is 2.00 bits per heavy atom. The van der Waals surface area contributed by atoms with E-state index in [1.165, 1.54) is 0 Å². The number of carboxylic acids is 1. The van der Waals surface area contributed by atoms with Gasteiger partial charge in [0.25, 0.3) is 0 Å². The van der Waals surface area contributed by atoms with E-state index < -0.39 is 18.2 Å². The second-order valence-corrected chi connectivity index (χ2v) is 8.38. The number of carboxylic acid groups (broad SMARTS) is 1. The van der Waals surface area contributed by atoms with Crippen LogP contribution in [-0.4, -0.2) is 39.4 Å². The first-order valence-corrected chi connectivity index (χ1v) is 11.0. The summed E-state index contributed by atoms with van der Waals surface area (Å²) in [5.41, 5.74) is 0.881. The number of aliphatic carboxylic acids is 1. The van der Waals surface area contributed by atoms with Gasteiger partial charge >= 0.3 is 5.97 Å². The minimum atomic E-state index is -0.775. The Balaban J connectivity index is 1.85. The molecule has 6 heteroatoms. The predicted molar refractivity (Wildman–Crippen MR) is 114 cm³/mol. The first-order valence-electron chi connectivity index (χ1n) is 10.5. The number of aliphatic hydroxyl groups excluding tert-OH is 2. The average Bonchev–Trinajstić information content (AvgIpc) is 2.95. The third-order valence-corrected chi connectivity index (χ3v) is 6.08. The van der Waals surface area contributed by atoms with Crippen LogP contribution in [0, 0.1) is 11.8 Å². The molecule has 162 valence electrons. The summed E-state index contributed by atoms with van der Waals surface area (Å²) in [5, 5.41) is 29.0. The van der Waals surface area contributed by atoms with Crippen molar-refractivity contribution in [2.75, 3.05) is 6.61 Å². The van der Waals surface area contributed by atoms with Crippen molar-refractivity contribution in [3.63, 3.8) is 0 Å². The van der Waals surface area contributed by atoms with Gasteiger partial charge in [0.05, 0.1) is 18.8 Å². The maximum absolute atomic E-state index is 10.5. The number of hydrogen-bond acceptors (Lipinski definition) is 4. The number of carbonyl (C=O) groups is 1. The number of allylic oxidation sites excluding steroid dienone is 2. The quantitative estimate of drug-likeness (QED) is 0.257. The molecule has 1 saturated carbocycles. The highest BCUT2D eigenvalue weighted by Crippen LogP contribution is 2.39. The standard InChI is InChI=1S/C23H33ClO5/c1-2-7-21(25)16-10-12-17(13-11-16)29-15-19-18(20(24)14-22(19)26)8-5-3-4-6-9-23(27)28/h3,5,10-13,18-22,25-26H,2,4,6-9,14-15H2,1H3,(H,27,28)/b5-3-/t18-,19-,20+,21?,22-/m1/s1. The van der Waals surface area contributed by atoms with Gasteiger partial charge in [0.2, 0.25) is 0 Å². The van der Waals surface area contributed by atoms with E-state index in [0.29, 0.717) is 25.2 Å². The number of unbranched alkanes of at least 4 members (excludes halogenated alkanes) is 1. The minimum absolute atomic E-state index is 0.0495. The molecule has 3 N–H and O–H groups in total. The van der Waals surface area contributed by atoms with E-state index in [0.717, 1.165) is 31.2 Å². The van der Waals surface area contributed by atoms with E-state index in [2.05, 4.69) is 0 Å². The summed E-state index contributed by atoms with van der Waals surface area (Å²) in [5.74, 6) is 0.00783. The Kier molecular flexibility index (Phi) is 9.98. The molecule has 29 heavy (non-hydrogen) atoms. The first-order chi connectivity index (χ1) is 13.9. The summed E-state index contributed by atoms with van der Waals surface area (Å²) in [6.45, 7) is 2.43. The highest BCUT2D eigenvalue weighted by Gasteiger charge is 2.41. The van der Waals surface area contributed by atoms with Gasteiger partial charge in [0.1, 0.15) is 5.75 Å². The molecule has 2 rings (SSSR count). The van der Waals surface area contributed by atoms with Crippen LogP contribution < -0.4 is 4.74 Å². The third-order valence-electron chi connectivity index (χ3n) is 5.58. The van der Waals surface area contributed by atoms with Crippen LogP contribution in [0.15, 0.2) is 36.4 Å². The smallest absolute Gasteiger partial charge is 0.303 e. The van der Waals surface area contributed by atoms with Gasteiger partial charge in [0, 0.05) is 17.7 Å². The highest BCUT2D eigenvalue weighted by atomic mass is 35.5. The number of alkyl halides is 1. The Labute approximate surface area is 178 Å². The number of benzene rings is 1. The number of aliphatic hydroxyl groups is 2. The van der Waals surface area contributed by atoms with Crippen molar-refractivity contribution >= 4 is 17.6 Å². The Bertz CT molecular complexity index is 645. The second-order valence-electron chi connectivity index (χ2n) is 7.82. The molecule has 1 aliphatic rings. The summed E-state index contributed by atoms with van der Waals surface area (Å²) >= 11 is 6.46. The van der Waals surface area contributed by atoms with E-state index in [-0.39, 0.29) is 23.6 Å². The molecule has 0 radical (unpaired) electrons. The molecule has 1 fully saturated rings. The molecule has 0 bridgehead atoms. The monoisotopic (exact) mass is 424 g/mol. The van der Waals surface area contributed by atoms with Crippen molar-refractivity contribution < 1.29 is 24.9 Å². The Morgan fingerprint density at radius 1 is 1.28 bits per heavy atom. The average molecular weight is 425 g/mol. The molecular weight excluding hydrogens is 392 g/mol. The number of halogens is 1. The van der Waals surface area contributed by atoms with Crippen LogP contribution in [0.5, 0.6) is 5.75 Å². The van der Waals surface area contributed by atoms with Crippen molar-refractivity contribution in [2.45, 2.75) is 69.5 Å². The molecule has 0 amide bonds. The SMILES string of the molecule is CCCC(O)c1ccc(OC[C@@H]2[C@@H](C/C=C\CCCC(=O)O)[C@@H](Cl)C[C@H]2O)cc1. The summed E-state index contributed by atoms with van der Waals surface area (Å²) in [6.07, 6.45) is 7.57. The van der Waals surface area contributed by atoms with Crippen LogP contribution in [-0.2, 0) is 4.79 Å². The lowest BCUT2D eigenvalue weighted by atomic mass is 9.92. The van der Waals surface area contributed by atoms with Gasteiger partial charge in [-0.15, -0.1) is 11.6 Å². The van der Waals surface area contributed by atoms with Crippen molar-refractivity contribution in [3.05, 3.63) is 42.0 Å². The fourth-order valence-corrected chi connectivity index (χ4v) is 4.32. The summed E-state index contributed by atoms with van der Waals surface area (Å²) in [4.78, 5) is 10.5. The van der Waals surface area contributed by atoms with E-state index in [1.807, 2.05) is 43.3 Å². The lowest BCUT2D eigenvalue weighted by Gasteiger charge is -2.22. The van der Waals surface area contributed by atoms with Gasteiger partial charge in [-0.25, -0.2) is 0 Å². The second kappa shape index (κ2) is 12.2. The Hall–Kier alpha value is -1.56. The molecule has 0 saturated heterocycles. The van der Waals surface area contributed by atoms with Crippen molar-refractivity contribution in [1.29, 1.82) is 0 Å². The maximum Gasteiger partial charge on any atom is 0.303 e. The topological polar surface area (TPSA) is 87.0 Å². The lowest BCUT2D eigenvalue weighted by Crippen LogP contribution is -2.27. The largest absolute Gasteiger partial charge is 0.493 e. The molecule has 1 aromatic rings. The molecule has 1 aromatic carbocycles. The van der Waals surface area contributed by atoms with E-state index >= 15 is 0 Å². The summed E-state index contributed by atoms with van der Waals surface area (Å²) < 4.78 is 5.92. The molecule has 1 unspecified atom stereocenters. The van der Waals surface area contributed by atoms with Crippen LogP contribution >= 0.6 is 11.6 Å². The molecule has 0 spiro atoms. The van der Waals surface area contributed by atoms with Crippen molar-refractivity contribution in [1.82, 2.24) is 0 Å². The number of rotatable bonds is 12. The molecule has 5 nitrogen and oxygen atoms in total. The van der Waals surface area contributed by atoms with Gasteiger partial charge in [-0.1, -0.05) is 37.6 Å². The summed E-state index contributed by atoms with van der Waals surface area (Å²) in [6, 6.07) is 7.46. The zero-order valence-corrected chi connectivity index (χ0v) is 17.8. The zero-order valence-electron chi connectivity index (χ0n) is 17.0. The van der Waals surface area contributed by atoms with Gasteiger partial charge in [-0.3, -0.25) is 4.79 Å². The molecule has 0 aliphatic heterocycles. The van der Waals surface area contributed by atoms with Crippen LogP contribution in [0.1, 0.15) is 63.5 Å². The Morgan fingerprint density at radius 3 is 2.66 bits per heavy atom. The van der Waals surface area contributed by atoms with Gasteiger partial charge in [-0.05, 0) is 55.7 Å². The number of hydrogen-bond donors (Lipinski definition) is 3.